The van der Waals surface area contributed by atoms with Crippen molar-refractivity contribution < 1.29 is 28.6 Å². The summed E-state index contributed by atoms with van der Waals surface area (Å²) >= 11 is 0. The quantitative estimate of drug-likeness (QED) is 0.0261. The Morgan fingerprint density at radius 2 is 0.487 bits per heavy atom. The minimum absolute atomic E-state index is 0.0857. The van der Waals surface area contributed by atoms with Gasteiger partial charge in [-0.3, -0.25) is 14.4 Å². The van der Waals surface area contributed by atoms with Crippen LogP contribution in [0.4, 0.5) is 0 Å². The van der Waals surface area contributed by atoms with Gasteiger partial charge in [-0.15, -0.1) is 0 Å². The number of esters is 3. The van der Waals surface area contributed by atoms with Gasteiger partial charge in [0.05, 0.1) is 0 Å². The zero-order valence-electron chi connectivity index (χ0n) is 52.6. The number of ether oxygens (including phenoxy) is 3. The highest BCUT2D eigenvalue weighted by atomic mass is 16.6. The van der Waals surface area contributed by atoms with Crippen molar-refractivity contribution in [3.63, 3.8) is 0 Å². The van der Waals surface area contributed by atoms with E-state index in [0.29, 0.717) is 19.3 Å². The van der Waals surface area contributed by atoms with Gasteiger partial charge >= 0.3 is 17.9 Å². The fourth-order valence-electron chi connectivity index (χ4n) is 9.52. The highest BCUT2D eigenvalue weighted by Crippen LogP contribution is 2.17. The topological polar surface area (TPSA) is 78.9 Å². The second-order valence-electron chi connectivity index (χ2n) is 22.3. The number of carbonyl (C=O) groups excluding carboxylic acids is 3. The van der Waals surface area contributed by atoms with E-state index >= 15 is 0 Å². The van der Waals surface area contributed by atoms with Crippen LogP contribution in [-0.2, 0) is 28.6 Å². The Labute approximate surface area is 495 Å². The number of unbranched alkanes of at least 4 members (excludes halogenated alkanes) is 32. The van der Waals surface area contributed by atoms with Crippen molar-refractivity contribution in [2.75, 3.05) is 13.2 Å². The van der Waals surface area contributed by atoms with Gasteiger partial charge in [0.2, 0.25) is 0 Å². The summed E-state index contributed by atoms with van der Waals surface area (Å²) in [6.45, 7) is 6.43. The van der Waals surface area contributed by atoms with E-state index in [1.807, 2.05) is 0 Å². The maximum atomic E-state index is 12.9. The molecule has 0 fully saturated rings. The van der Waals surface area contributed by atoms with Gasteiger partial charge < -0.3 is 14.2 Å². The lowest BCUT2D eigenvalue weighted by Crippen LogP contribution is -2.30. The van der Waals surface area contributed by atoms with Gasteiger partial charge in [0, 0.05) is 19.3 Å². The molecular formula is C74H126O6. The molecule has 0 saturated carbocycles. The van der Waals surface area contributed by atoms with Crippen LogP contribution < -0.4 is 0 Å². The van der Waals surface area contributed by atoms with Gasteiger partial charge in [-0.05, 0) is 103 Å². The number of carbonyl (C=O) groups is 3. The normalized spacial score (nSPS) is 12.8. The molecule has 0 aliphatic heterocycles. The highest BCUT2D eigenvalue weighted by Gasteiger charge is 2.19. The highest BCUT2D eigenvalue weighted by molar-refractivity contribution is 5.71. The first kappa shape index (κ1) is 76.1. The Kier molecular flexibility index (Phi) is 64.3. The Hall–Kier alpha value is -3.93. The lowest BCUT2D eigenvalue weighted by Gasteiger charge is -2.18. The average Bonchev–Trinajstić information content (AvgIpc) is 3.46. The monoisotopic (exact) mass is 1110 g/mol. The van der Waals surface area contributed by atoms with Gasteiger partial charge in [0.1, 0.15) is 13.2 Å². The average molecular weight is 1110 g/mol. The molecule has 1 atom stereocenters. The standard InChI is InChI=1S/C74H126O6/c1-4-7-10-13-16-19-22-25-28-31-33-34-35-36-37-38-39-40-41-44-46-49-52-55-58-61-64-67-73(76)79-70-71(69-78-72(75)66-63-60-57-54-51-48-45-42-30-27-24-21-18-15-12-9-6-3)80-74(77)68-65-62-59-56-53-50-47-43-32-29-26-23-20-17-14-11-8-5-2/h7,9-10,12,16,18-19,21,25,27-28,30,33-34,36-37,45,48,71H,4-6,8,11,13-15,17,20,22-24,26,29,31-32,35,38-44,46-47,49-70H2,1-3H3/b10-7-,12-9-,19-16-,21-18-,28-25-,30-27-,34-33-,37-36-,48-45-. The van der Waals surface area contributed by atoms with Gasteiger partial charge in [0.15, 0.2) is 6.10 Å². The molecule has 0 heterocycles. The molecule has 6 heteroatoms. The number of rotatable bonds is 61. The molecule has 0 amide bonds. The molecule has 1 unspecified atom stereocenters. The lowest BCUT2D eigenvalue weighted by atomic mass is 10.0. The smallest absolute Gasteiger partial charge is 0.306 e. The Balaban J connectivity index is 4.36. The maximum Gasteiger partial charge on any atom is 0.306 e. The van der Waals surface area contributed by atoms with Gasteiger partial charge in [-0.1, -0.05) is 310 Å². The van der Waals surface area contributed by atoms with Crippen LogP contribution in [0.15, 0.2) is 109 Å². The zero-order valence-corrected chi connectivity index (χ0v) is 52.6. The zero-order chi connectivity index (χ0) is 57.8. The van der Waals surface area contributed by atoms with E-state index in [-0.39, 0.29) is 31.1 Å². The summed E-state index contributed by atoms with van der Waals surface area (Å²) < 4.78 is 17.0. The summed E-state index contributed by atoms with van der Waals surface area (Å²) in [4.78, 5) is 38.4. The van der Waals surface area contributed by atoms with Crippen molar-refractivity contribution >= 4 is 17.9 Å². The van der Waals surface area contributed by atoms with Crippen molar-refractivity contribution in [2.45, 2.75) is 329 Å². The van der Waals surface area contributed by atoms with Crippen LogP contribution in [0.2, 0.25) is 0 Å². The van der Waals surface area contributed by atoms with Crippen molar-refractivity contribution in [1.29, 1.82) is 0 Å². The first-order valence-electron chi connectivity index (χ1n) is 33.9. The van der Waals surface area contributed by atoms with E-state index in [1.165, 1.54) is 154 Å². The molecule has 458 valence electrons. The fourth-order valence-corrected chi connectivity index (χ4v) is 9.52. The van der Waals surface area contributed by atoms with Crippen molar-refractivity contribution in [2.24, 2.45) is 0 Å². The van der Waals surface area contributed by atoms with Crippen LogP contribution in [0, 0.1) is 0 Å². The molecule has 0 aromatic rings. The molecule has 0 bridgehead atoms. The molecule has 0 aromatic heterocycles. The van der Waals surface area contributed by atoms with Crippen molar-refractivity contribution in [3.05, 3.63) is 109 Å². The van der Waals surface area contributed by atoms with E-state index in [9.17, 15) is 14.4 Å². The van der Waals surface area contributed by atoms with E-state index in [1.54, 1.807) is 0 Å². The van der Waals surface area contributed by atoms with Crippen molar-refractivity contribution in [3.8, 4) is 0 Å². The van der Waals surface area contributed by atoms with Crippen LogP contribution in [0.25, 0.3) is 0 Å². The molecule has 0 aliphatic carbocycles. The first-order valence-corrected chi connectivity index (χ1v) is 33.9. The third-order valence-corrected chi connectivity index (χ3v) is 14.5. The van der Waals surface area contributed by atoms with Crippen LogP contribution in [0.3, 0.4) is 0 Å². The van der Waals surface area contributed by atoms with E-state index in [4.69, 9.17) is 14.2 Å². The Morgan fingerprint density at radius 3 is 0.762 bits per heavy atom. The number of allylic oxidation sites excluding steroid dienone is 18. The summed E-state index contributed by atoms with van der Waals surface area (Å²) in [7, 11) is 0. The largest absolute Gasteiger partial charge is 0.462 e. The Bertz CT molecular complexity index is 1610. The molecule has 80 heavy (non-hydrogen) atoms. The minimum atomic E-state index is -0.791. The summed E-state index contributed by atoms with van der Waals surface area (Å²) in [5.74, 6) is -0.899. The predicted octanol–water partition coefficient (Wildman–Crippen LogP) is 23.4. The van der Waals surface area contributed by atoms with Crippen LogP contribution in [0.1, 0.15) is 323 Å². The second-order valence-corrected chi connectivity index (χ2v) is 22.3. The molecule has 0 N–H and O–H groups in total. The lowest BCUT2D eigenvalue weighted by molar-refractivity contribution is -0.167. The summed E-state index contributed by atoms with van der Waals surface area (Å²) in [5.41, 5.74) is 0. The molecule has 0 aliphatic rings. The van der Waals surface area contributed by atoms with Gasteiger partial charge in [-0.2, -0.15) is 0 Å². The third kappa shape index (κ3) is 64.9. The maximum absolute atomic E-state index is 12.9. The van der Waals surface area contributed by atoms with Crippen molar-refractivity contribution in [1.82, 2.24) is 0 Å². The second kappa shape index (κ2) is 67.6. The fraction of sp³-hybridized carbons (Fsp3) is 0.716. The molecule has 0 radical (unpaired) electrons. The van der Waals surface area contributed by atoms with Gasteiger partial charge in [-0.25, -0.2) is 0 Å². The molecule has 0 rings (SSSR count). The molecule has 0 saturated heterocycles. The van der Waals surface area contributed by atoms with Crippen LogP contribution >= 0.6 is 0 Å². The molecule has 0 aromatic carbocycles. The Morgan fingerprint density at radius 1 is 0.263 bits per heavy atom. The van der Waals surface area contributed by atoms with E-state index in [0.717, 1.165) is 128 Å². The van der Waals surface area contributed by atoms with Crippen LogP contribution in [-0.4, -0.2) is 37.2 Å². The summed E-state index contributed by atoms with van der Waals surface area (Å²) in [6.07, 6.45) is 92.4. The molecular weight excluding hydrogens is 985 g/mol. The predicted molar refractivity (Wildman–Crippen MR) is 348 cm³/mol. The van der Waals surface area contributed by atoms with E-state index in [2.05, 4.69) is 130 Å². The number of hydrogen-bond donors (Lipinski definition) is 0. The van der Waals surface area contributed by atoms with Gasteiger partial charge in [0.25, 0.3) is 0 Å². The molecule has 6 nitrogen and oxygen atoms in total. The summed E-state index contributed by atoms with van der Waals surface area (Å²) in [6, 6.07) is 0. The SMILES string of the molecule is CC/C=C\C/C=C\C/C=C\C/C=C\C/C=C\CCCCCCCCCCCCCC(=O)OCC(COC(=O)CCCCCC/C=C\C/C=C\C/C=C\C/C=C\CC)OC(=O)CCCCCCCCCCCCCCCCCCCC. The van der Waals surface area contributed by atoms with E-state index < -0.39 is 6.10 Å². The number of hydrogen-bond acceptors (Lipinski definition) is 6. The first-order chi connectivity index (χ1) is 39.5. The van der Waals surface area contributed by atoms with Crippen LogP contribution in [0.5, 0.6) is 0 Å². The summed E-state index contributed by atoms with van der Waals surface area (Å²) in [5, 5.41) is 0. The molecule has 0 spiro atoms. The minimum Gasteiger partial charge on any atom is -0.462 e. The third-order valence-electron chi connectivity index (χ3n) is 14.5.